The minimum atomic E-state index is -0.413. The highest BCUT2D eigenvalue weighted by atomic mass is 79.9. The topological polar surface area (TPSA) is 69.9 Å². The van der Waals surface area contributed by atoms with Crippen molar-refractivity contribution in [2.45, 2.75) is 20.0 Å². The van der Waals surface area contributed by atoms with Gasteiger partial charge < -0.3 is 4.74 Å². The SMILES string of the molecule is CC(C)OC(=O)/C=C\n1cnc(-c2csc(Br)n2)n1. The van der Waals surface area contributed by atoms with Crippen LogP contribution in [0.5, 0.6) is 0 Å². The van der Waals surface area contributed by atoms with Gasteiger partial charge in [0.05, 0.1) is 6.10 Å². The van der Waals surface area contributed by atoms with Gasteiger partial charge in [0, 0.05) is 17.7 Å². The highest BCUT2D eigenvalue weighted by molar-refractivity contribution is 9.11. The molecule has 0 saturated carbocycles. The summed E-state index contributed by atoms with van der Waals surface area (Å²) < 4.78 is 7.17. The van der Waals surface area contributed by atoms with Gasteiger partial charge in [-0.3, -0.25) is 0 Å². The molecular weight excluding hydrogens is 332 g/mol. The lowest BCUT2D eigenvalue weighted by Gasteiger charge is -2.03. The zero-order valence-corrected chi connectivity index (χ0v) is 12.7. The van der Waals surface area contributed by atoms with E-state index in [9.17, 15) is 4.79 Å². The average Bonchev–Trinajstić information content (AvgIpc) is 2.94. The third kappa shape index (κ3) is 3.97. The van der Waals surface area contributed by atoms with E-state index < -0.39 is 5.97 Å². The standard InChI is InChI=1S/C11H11BrN4O2S/c1-7(2)18-9(17)3-4-16-6-13-10(15-16)8-5-19-11(12)14-8/h3-7H,1-2H3/b4-3-. The van der Waals surface area contributed by atoms with E-state index in [1.165, 1.54) is 34.6 Å². The number of ether oxygens (including phenoxy) is 1. The Morgan fingerprint density at radius 2 is 2.37 bits per heavy atom. The quantitative estimate of drug-likeness (QED) is 0.630. The summed E-state index contributed by atoms with van der Waals surface area (Å²) in [6.45, 7) is 3.58. The van der Waals surface area contributed by atoms with Crippen molar-refractivity contribution in [1.82, 2.24) is 19.7 Å². The summed E-state index contributed by atoms with van der Waals surface area (Å²) in [6, 6.07) is 0. The Hall–Kier alpha value is -1.54. The van der Waals surface area contributed by atoms with Crippen LogP contribution in [-0.2, 0) is 9.53 Å². The molecule has 0 aliphatic carbocycles. The van der Waals surface area contributed by atoms with Crippen LogP contribution in [0.25, 0.3) is 17.7 Å². The molecule has 6 nitrogen and oxygen atoms in total. The fourth-order valence-corrected chi connectivity index (χ4v) is 2.22. The van der Waals surface area contributed by atoms with Crippen LogP contribution < -0.4 is 0 Å². The van der Waals surface area contributed by atoms with Crippen LogP contribution in [0.3, 0.4) is 0 Å². The Balaban J connectivity index is 2.05. The van der Waals surface area contributed by atoms with Gasteiger partial charge in [0.1, 0.15) is 12.0 Å². The van der Waals surface area contributed by atoms with E-state index in [1.807, 2.05) is 5.38 Å². The summed E-state index contributed by atoms with van der Waals surface area (Å²) in [7, 11) is 0. The molecule has 0 N–H and O–H groups in total. The van der Waals surface area contributed by atoms with Crippen LogP contribution in [0.2, 0.25) is 0 Å². The highest BCUT2D eigenvalue weighted by Gasteiger charge is 2.07. The third-order valence-electron chi connectivity index (χ3n) is 1.93. The smallest absolute Gasteiger partial charge is 0.332 e. The van der Waals surface area contributed by atoms with Crippen LogP contribution in [-0.4, -0.2) is 31.8 Å². The lowest BCUT2D eigenvalue weighted by molar-refractivity contribution is -0.141. The number of hydrogen-bond acceptors (Lipinski definition) is 6. The number of carbonyl (C=O) groups excluding carboxylic acids is 1. The molecule has 2 aromatic rings. The van der Waals surface area contributed by atoms with Crippen LogP contribution in [0.15, 0.2) is 21.7 Å². The molecule has 2 rings (SSSR count). The minimum absolute atomic E-state index is 0.143. The maximum atomic E-state index is 11.3. The molecule has 0 aromatic carbocycles. The van der Waals surface area contributed by atoms with E-state index in [0.29, 0.717) is 11.5 Å². The van der Waals surface area contributed by atoms with Gasteiger partial charge in [-0.1, -0.05) is 0 Å². The highest BCUT2D eigenvalue weighted by Crippen LogP contribution is 2.21. The second-order valence-corrected chi connectivity index (χ2v) is 5.97. The van der Waals surface area contributed by atoms with Crippen molar-refractivity contribution in [2.24, 2.45) is 0 Å². The Morgan fingerprint density at radius 3 is 3.00 bits per heavy atom. The molecular formula is C11H11BrN4O2S. The van der Waals surface area contributed by atoms with Gasteiger partial charge in [0.2, 0.25) is 5.82 Å². The molecule has 0 fully saturated rings. The van der Waals surface area contributed by atoms with E-state index in [0.717, 1.165) is 3.92 Å². The molecule has 0 radical (unpaired) electrons. The van der Waals surface area contributed by atoms with Crippen molar-refractivity contribution in [3.05, 3.63) is 21.7 Å². The van der Waals surface area contributed by atoms with Crippen molar-refractivity contribution in [1.29, 1.82) is 0 Å². The van der Waals surface area contributed by atoms with E-state index in [-0.39, 0.29) is 6.10 Å². The van der Waals surface area contributed by atoms with E-state index in [1.54, 1.807) is 13.8 Å². The van der Waals surface area contributed by atoms with Crippen molar-refractivity contribution in [3.63, 3.8) is 0 Å². The van der Waals surface area contributed by atoms with Gasteiger partial charge in [-0.05, 0) is 29.8 Å². The van der Waals surface area contributed by atoms with Crippen LogP contribution >= 0.6 is 27.3 Å². The molecule has 0 bridgehead atoms. The predicted molar refractivity (Wildman–Crippen MR) is 75.4 cm³/mol. The molecule has 0 atom stereocenters. The first kappa shape index (κ1) is 13.9. The van der Waals surface area contributed by atoms with E-state index >= 15 is 0 Å². The Kier molecular flexibility index (Phi) is 4.43. The minimum Gasteiger partial charge on any atom is -0.460 e. The summed E-state index contributed by atoms with van der Waals surface area (Å²) in [4.78, 5) is 19.6. The molecule has 2 heterocycles. The Bertz CT molecular complexity index is 605. The van der Waals surface area contributed by atoms with E-state index in [2.05, 4.69) is 31.0 Å². The number of rotatable bonds is 4. The van der Waals surface area contributed by atoms with Crippen molar-refractivity contribution >= 4 is 39.4 Å². The fourth-order valence-electron chi connectivity index (χ4n) is 1.23. The molecule has 2 aromatic heterocycles. The maximum absolute atomic E-state index is 11.3. The van der Waals surface area contributed by atoms with Crippen LogP contribution in [0.4, 0.5) is 0 Å². The van der Waals surface area contributed by atoms with Crippen LogP contribution in [0, 0.1) is 0 Å². The first-order valence-electron chi connectivity index (χ1n) is 5.46. The zero-order valence-electron chi connectivity index (χ0n) is 10.3. The van der Waals surface area contributed by atoms with Crippen molar-refractivity contribution in [2.75, 3.05) is 0 Å². The average molecular weight is 343 g/mol. The van der Waals surface area contributed by atoms with Gasteiger partial charge in [0.25, 0.3) is 0 Å². The number of halogens is 1. The molecule has 0 saturated heterocycles. The predicted octanol–water partition coefficient (Wildman–Crippen LogP) is 2.59. The first-order chi connectivity index (χ1) is 9.04. The summed E-state index contributed by atoms with van der Waals surface area (Å²) in [5, 5.41) is 6.03. The number of hydrogen-bond donors (Lipinski definition) is 0. The maximum Gasteiger partial charge on any atom is 0.332 e. The van der Waals surface area contributed by atoms with Gasteiger partial charge in [0.15, 0.2) is 3.92 Å². The second kappa shape index (κ2) is 6.07. The van der Waals surface area contributed by atoms with Crippen LogP contribution in [0.1, 0.15) is 13.8 Å². The monoisotopic (exact) mass is 342 g/mol. The summed E-state index contributed by atoms with van der Waals surface area (Å²) in [5.74, 6) is 0.0901. The molecule has 8 heteroatoms. The zero-order chi connectivity index (χ0) is 13.8. The summed E-state index contributed by atoms with van der Waals surface area (Å²) in [6.07, 6.45) is 4.15. The van der Waals surface area contributed by atoms with Gasteiger partial charge in [-0.2, -0.15) is 0 Å². The number of thiazole rings is 1. The Morgan fingerprint density at radius 1 is 1.58 bits per heavy atom. The third-order valence-corrected chi connectivity index (χ3v) is 3.29. The molecule has 19 heavy (non-hydrogen) atoms. The van der Waals surface area contributed by atoms with E-state index in [4.69, 9.17) is 4.74 Å². The van der Waals surface area contributed by atoms with Gasteiger partial charge in [-0.25, -0.2) is 19.4 Å². The van der Waals surface area contributed by atoms with Crippen molar-refractivity contribution < 1.29 is 9.53 Å². The molecule has 0 aliphatic heterocycles. The van der Waals surface area contributed by atoms with Gasteiger partial charge in [-0.15, -0.1) is 16.4 Å². The van der Waals surface area contributed by atoms with Crippen molar-refractivity contribution in [3.8, 4) is 11.5 Å². The molecule has 0 amide bonds. The second-order valence-electron chi connectivity index (χ2n) is 3.84. The van der Waals surface area contributed by atoms with Gasteiger partial charge >= 0.3 is 5.97 Å². The largest absolute Gasteiger partial charge is 0.460 e. The molecule has 0 unspecified atom stereocenters. The molecule has 0 aliphatic rings. The number of carbonyl (C=O) groups is 1. The fraction of sp³-hybridized carbons (Fsp3) is 0.273. The first-order valence-corrected chi connectivity index (χ1v) is 7.13. The number of esters is 1. The molecule has 0 spiro atoms. The normalized spacial score (nSPS) is 11.4. The summed E-state index contributed by atoms with van der Waals surface area (Å²) >= 11 is 4.74. The number of nitrogens with zero attached hydrogens (tertiary/aromatic N) is 4. The molecule has 100 valence electrons. The Labute approximate surface area is 122 Å². The summed E-state index contributed by atoms with van der Waals surface area (Å²) in [5.41, 5.74) is 0.689. The number of aromatic nitrogens is 4. The lowest BCUT2D eigenvalue weighted by atomic mass is 10.5. The lowest BCUT2D eigenvalue weighted by Crippen LogP contribution is -2.08.